The van der Waals surface area contributed by atoms with Crippen LogP contribution in [0.5, 0.6) is 0 Å². The van der Waals surface area contributed by atoms with Gasteiger partial charge in [0, 0.05) is 17.1 Å². The Bertz CT molecular complexity index is 602. The number of nitrogens with two attached hydrogens (primary N) is 1. The Balaban J connectivity index is 1.90. The average Bonchev–Trinajstić information content (AvgIpc) is 2.88. The Morgan fingerprint density at radius 3 is 2.67 bits per heavy atom. The maximum atomic E-state index is 12.2. The standard InChI is InChI=1S/C12H13F2N5OS/c13-12(14)21-10-3-1-8(2-4-10)16-11(20)7-19-6-9(5-15)17-18-19/h1-4,6,12H,5,7,15H2,(H,16,20). The van der Waals surface area contributed by atoms with Gasteiger partial charge in [-0.2, -0.15) is 8.78 Å². The molecule has 0 aliphatic carbocycles. The van der Waals surface area contributed by atoms with Crippen molar-refractivity contribution in [2.45, 2.75) is 23.7 Å². The minimum Gasteiger partial charge on any atom is -0.325 e. The van der Waals surface area contributed by atoms with Gasteiger partial charge in [0.1, 0.15) is 6.54 Å². The summed E-state index contributed by atoms with van der Waals surface area (Å²) in [6, 6.07) is 6.17. The number of anilines is 1. The molecule has 1 aromatic carbocycles. The summed E-state index contributed by atoms with van der Waals surface area (Å²) in [5.74, 6) is -2.76. The number of nitrogens with zero attached hydrogens (tertiary/aromatic N) is 3. The van der Waals surface area contributed by atoms with Crippen LogP contribution in [0.2, 0.25) is 0 Å². The second-order valence-electron chi connectivity index (χ2n) is 4.06. The molecule has 2 aromatic rings. The summed E-state index contributed by atoms with van der Waals surface area (Å²) in [6.07, 6.45) is 1.59. The summed E-state index contributed by atoms with van der Waals surface area (Å²) in [4.78, 5) is 12.2. The Hall–Kier alpha value is -2.00. The fraction of sp³-hybridized carbons (Fsp3) is 0.250. The predicted molar refractivity (Wildman–Crippen MR) is 74.8 cm³/mol. The van der Waals surface area contributed by atoms with Gasteiger partial charge in [0.25, 0.3) is 5.76 Å². The molecule has 0 aliphatic heterocycles. The van der Waals surface area contributed by atoms with Crippen molar-refractivity contribution in [1.82, 2.24) is 15.0 Å². The normalized spacial score (nSPS) is 10.9. The predicted octanol–water partition coefficient (Wildman–Crippen LogP) is 1.69. The molecule has 3 N–H and O–H groups in total. The lowest BCUT2D eigenvalue weighted by Crippen LogP contribution is -2.19. The zero-order valence-corrected chi connectivity index (χ0v) is 11.7. The third kappa shape index (κ3) is 4.80. The van der Waals surface area contributed by atoms with Gasteiger partial charge >= 0.3 is 0 Å². The number of hydrogen-bond donors (Lipinski definition) is 2. The quantitative estimate of drug-likeness (QED) is 0.793. The highest BCUT2D eigenvalue weighted by atomic mass is 32.2. The number of alkyl halides is 2. The van der Waals surface area contributed by atoms with E-state index in [1.54, 1.807) is 18.3 Å². The fourth-order valence-corrected chi connectivity index (χ4v) is 2.08. The number of amides is 1. The van der Waals surface area contributed by atoms with Crippen molar-refractivity contribution in [1.29, 1.82) is 0 Å². The van der Waals surface area contributed by atoms with E-state index >= 15 is 0 Å². The fourth-order valence-electron chi connectivity index (χ4n) is 1.58. The summed E-state index contributed by atoms with van der Waals surface area (Å²) >= 11 is 0.454. The second kappa shape index (κ2) is 7.14. The van der Waals surface area contributed by atoms with Gasteiger partial charge in [0.05, 0.1) is 11.9 Å². The van der Waals surface area contributed by atoms with E-state index in [9.17, 15) is 13.6 Å². The number of halogens is 2. The summed E-state index contributed by atoms with van der Waals surface area (Å²) in [5.41, 5.74) is 6.51. The van der Waals surface area contributed by atoms with E-state index in [2.05, 4.69) is 15.6 Å². The largest absolute Gasteiger partial charge is 0.325 e. The molecule has 0 saturated heterocycles. The van der Waals surface area contributed by atoms with Gasteiger partial charge in [0.2, 0.25) is 5.91 Å². The van der Waals surface area contributed by atoms with Crippen LogP contribution in [0.25, 0.3) is 0 Å². The topological polar surface area (TPSA) is 85.8 Å². The van der Waals surface area contributed by atoms with Crippen molar-refractivity contribution < 1.29 is 13.6 Å². The summed E-state index contributed by atoms with van der Waals surface area (Å²) < 4.78 is 25.7. The smallest absolute Gasteiger partial charge is 0.288 e. The van der Waals surface area contributed by atoms with E-state index in [-0.39, 0.29) is 19.0 Å². The monoisotopic (exact) mass is 313 g/mol. The van der Waals surface area contributed by atoms with E-state index in [0.29, 0.717) is 28.0 Å². The first-order chi connectivity index (χ1) is 10.1. The van der Waals surface area contributed by atoms with Gasteiger partial charge in [-0.1, -0.05) is 17.0 Å². The number of carbonyl (C=O) groups is 1. The lowest BCUT2D eigenvalue weighted by molar-refractivity contribution is -0.116. The Morgan fingerprint density at radius 2 is 2.10 bits per heavy atom. The Labute approximate surface area is 123 Å². The second-order valence-corrected chi connectivity index (χ2v) is 5.13. The van der Waals surface area contributed by atoms with E-state index in [4.69, 9.17) is 5.73 Å². The molecule has 0 aliphatic rings. The molecule has 2 rings (SSSR count). The van der Waals surface area contributed by atoms with Crippen LogP contribution in [-0.2, 0) is 17.9 Å². The molecular weight excluding hydrogens is 300 g/mol. The first-order valence-corrected chi connectivity index (χ1v) is 6.88. The van der Waals surface area contributed by atoms with Gasteiger partial charge in [-0.05, 0) is 24.3 Å². The van der Waals surface area contributed by atoms with Crippen LogP contribution in [0, 0.1) is 0 Å². The minimum absolute atomic E-state index is 0.000531. The minimum atomic E-state index is -2.46. The number of carbonyl (C=O) groups excluding carboxylic acids is 1. The molecule has 6 nitrogen and oxygen atoms in total. The van der Waals surface area contributed by atoms with E-state index in [0.717, 1.165) is 0 Å². The van der Waals surface area contributed by atoms with E-state index < -0.39 is 5.76 Å². The molecule has 0 fully saturated rings. The molecule has 1 heterocycles. The lowest BCUT2D eigenvalue weighted by Gasteiger charge is -2.06. The number of aromatic nitrogens is 3. The number of thioether (sulfide) groups is 1. The van der Waals surface area contributed by atoms with Crippen molar-refractivity contribution in [2.24, 2.45) is 5.73 Å². The molecule has 9 heteroatoms. The first kappa shape index (κ1) is 15.4. The molecule has 0 atom stereocenters. The first-order valence-electron chi connectivity index (χ1n) is 6.00. The van der Waals surface area contributed by atoms with Crippen LogP contribution >= 0.6 is 11.8 Å². The molecule has 0 saturated carbocycles. The molecule has 1 amide bonds. The van der Waals surface area contributed by atoms with Crippen molar-refractivity contribution in [3.8, 4) is 0 Å². The van der Waals surface area contributed by atoms with Crippen molar-refractivity contribution >= 4 is 23.4 Å². The van der Waals surface area contributed by atoms with Crippen molar-refractivity contribution in [3.63, 3.8) is 0 Å². The molecule has 0 radical (unpaired) electrons. The maximum absolute atomic E-state index is 12.2. The van der Waals surface area contributed by atoms with Gasteiger partial charge < -0.3 is 11.1 Å². The lowest BCUT2D eigenvalue weighted by atomic mass is 10.3. The van der Waals surface area contributed by atoms with Crippen LogP contribution in [0.15, 0.2) is 35.4 Å². The van der Waals surface area contributed by atoms with Crippen LogP contribution < -0.4 is 11.1 Å². The molecular formula is C12H13F2N5OS. The highest BCUT2D eigenvalue weighted by Gasteiger charge is 2.08. The van der Waals surface area contributed by atoms with Crippen molar-refractivity contribution in [3.05, 3.63) is 36.2 Å². The third-order valence-corrected chi connectivity index (χ3v) is 3.19. The molecule has 112 valence electrons. The molecule has 0 bridgehead atoms. The molecule has 0 spiro atoms. The molecule has 1 aromatic heterocycles. The Morgan fingerprint density at radius 1 is 1.38 bits per heavy atom. The zero-order chi connectivity index (χ0) is 15.2. The van der Waals surface area contributed by atoms with Crippen molar-refractivity contribution in [2.75, 3.05) is 5.32 Å². The van der Waals surface area contributed by atoms with Gasteiger partial charge in [-0.3, -0.25) is 4.79 Å². The Kier molecular flexibility index (Phi) is 5.23. The average molecular weight is 313 g/mol. The molecule has 0 unspecified atom stereocenters. The number of rotatable bonds is 6. The number of benzene rings is 1. The van der Waals surface area contributed by atoms with E-state index in [1.165, 1.54) is 16.8 Å². The molecule has 21 heavy (non-hydrogen) atoms. The van der Waals surface area contributed by atoms with Crippen LogP contribution in [0.3, 0.4) is 0 Å². The van der Waals surface area contributed by atoms with Crippen LogP contribution in [0.1, 0.15) is 5.69 Å². The van der Waals surface area contributed by atoms with Gasteiger partial charge in [0.15, 0.2) is 0 Å². The number of hydrogen-bond acceptors (Lipinski definition) is 5. The maximum Gasteiger partial charge on any atom is 0.288 e. The zero-order valence-electron chi connectivity index (χ0n) is 10.9. The number of nitrogens with one attached hydrogen (secondary N) is 1. The summed E-state index contributed by atoms with van der Waals surface area (Å²) in [5, 5.41) is 10.2. The SMILES string of the molecule is NCc1cn(CC(=O)Nc2ccc(SC(F)F)cc2)nn1. The van der Waals surface area contributed by atoms with Crippen LogP contribution in [-0.4, -0.2) is 26.7 Å². The summed E-state index contributed by atoms with van der Waals surface area (Å²) in [6.45, 7) is 0.255. The highest BCUT2D eigenvalue weighted by Crippen LogP contribution is 2.26. The third-order valence-electron chi connectivity index (χ3n) is 2.46. The van der Waals surface area contributed by atoms with E-state index in [1.807, 2.05) is 0 Å². The van der Waals surface area contributed by atoms with Gasteiger partial charge in [-0.25, -0.2) is 4.68 Å². The highest BCUT2D eigenvalue weighted by molar-refractivity contribution is 7.99. The van der Waals surface area contributed by atoms with Crippen LogP contribution in [0.4, 0.5) is 14.5 Å². The van der Waals surface area contributed by atoms with Gasteiger partial charge in [-0.15, -0.1) is 5.10 Å². The summed E-state index contributed by atoms with van der Waals surface area (Å²) in [7, 11) is 0.